The first kappa shape index (κ1) is 12.7. The Balaban J connectivity index is 2.82. The molecule has 0 aliphatic rings. The maximum atomic E-state index is 11.6. The van der Waals surface area contributed by atoms with Crippen LogP contribution < -0.4 is 5.32 Å². The van der Waals surface area contributed by atoms with E-state index in [1.807, 2.05) is 19.1 Å². The lowest BCUT2D eigenvalue weighted by Gasteiger charge is -2.05. The summed E-state index contributed by atoms with van der Waals surface area (Å²) in [6, 6.07) is 7.10. The molecule has 0 unspecified atom stereocenters. The molecule has 1 aromatic carbocycles. The van der Waals surface area contributed by atoms with Gasteiger partial charge in [-0.15, -0.1) is 0 Å². The molecule has 17 heavy (non-hydrogen) atoms. The van der Waals surface area contributed by atoms with Crippen LogP contribution in [0, 0.1) is 6.92 Å². The first-order valence-electron chi connectivity index (χ1n) is 4.87. The van der Waals surface area contributed by atoms with Crippen molar-refractivity contribution in [2.75, 3.05) is 5.32 Å². The lowest BCUT2D eigenvalue weighted by atomic mass is 10.2. The summed E-state index contributed by atoms with van der Waals surface area (Å²) < 4.78 is 0. The van der Waals surface area contributed by atoms with Crippen molar-refractivity contribution in [1.82, 2.24) is 0 Å². The second-order valence-electron chi connectivity index (χ2n) is 3.45. The van der Waals surface area contributed by atoms with Gasteiger partial charge in [0.1, 0.15) is 5.71 Å². The number of nitrogens with zero attached hydrogens (tertiary/aromatic N) is 2. The van der Waals surface area contributed by atoms with Gasteiger partial charge in [0.25, 0.3) is 5.91 Å². The van der Waals surface area contributed by atoms with Crippen molar-refractivity contribution in [3.8, 4) is 0 Å². The third-order valence-corrected chi connectivity index (χ3v) is 2.12. The number of aryl methyl sites for hydroxylation is 1. The topological polar surface area (TPSA) is 94.3 Å². The van der Waals surface area contributed by atoms with E-state index in [4.69, 9.17) is 10.4 Å². The fourth-order valence-corrected chi connectivity index (χ4v) is 1.16. The van der Waals surface area contributed by atoms with Gasteiger partial charge in [0.05, 0.1) is 0 Å². The van der Waals surface area contributed by atoms with Crippen LogP contribution >= 0.6 is 0 Å². The highest BCUT2D eigenvalue weighted by Gasteiger charge is 2.16. The lowest BCUT2D eigenvalue weighted by molar-refractivity contribution is -0.110. The third-order valence-electron chi connectivity index (χ3n) is 2.12. The van der Waals surface area contributed by atoms with E-state index in [1.54, 1.807) is 12.1 Å². The summed E-state index contributed by atoms with van der Waals surface area (Å²) in [7, 11) is 0. The number of amides is 1. The molecule has 6 nitrogen and oxygen atoms in total. The van der Waals surface area contributed by atoms with Gasteiger partial charge in [0.15, 0.2) is 5.71 Å². The number of benzene rings is 1. The van der Waals surface area contributed by atoms with Crippen molar-refractivity contribution in [3.63, 3.8) is 0 Å². The molecule has 6 heteroatoms. The van der Waals surface area contributed by atoms with E-state index in [1.165, 1.54) is 6.92 Å². The van der Waals surface area contributed by atoms with Gasteiger partial charge in [-0.05, 0) is 26.0 Å². The van der Waals surface area contributed by atoms with Crippen molar-refractivity contribution in [1.29, 1.82) is 0 Å². The minimum absolute atomic E-state index is 0.0721. The smallest absolute Gasteiger partial charge is 0.279 e. The number of carbonyl (C=O) groups is 1. The summed E-state index contributed by atoms with van der Waals surface area (Å²) in [4.78, 5) is 11.6. The molecule has 1 rings (SSSR count). The fraction of sp³-hybridized carbons (Fsp3) is 0.182. The van der Waals surface area contributed by atoms with Gasteiger partial charge in [-0.2, -0.15) is 0 Å². The van der Waals surface area contributed by atoms with Crippen molar-refractivity contribution < 1.29 is 15.2 Å². The van der Waals surface area contributed by atoms with Gasteiger partial charge in [-0.25, -0.2) is 0 Å². The quantitative estimate of drug-likeness (QED) is 0.422. The molecule has 0 radical (unpaired) electrons. The number of hydrogen-bond donors (Lipinski definition) is 3. The third kappa shape index (κ3) is 3.30. The highest BCUT2D eigenvalue weighted by Crippen LogP contribution is 2.08. The molecule has 0 aromatic heterocycles. The predicted molar refractivity (Wildman–Crippen MR) is 63.9 cm³/mol. The van der Waals surface area contributed by atoms with E-state index in [0.29, 0.717) is 5.69 Å². The summed E-state index contributed by atoms with van der Waals surface area (Å²) >= 11 is 0. The van der Waals surface area contributed by atoms with Crippen LogP contribution in [-0.2, 0) is 4.79 Å². The lowest BCUT2D eigenvalue weighted by Crippen LogP contribution is -2.28. The van der Waals surface area contributed by atoms with Gasteiger partial charge in [-0.3, -0.25) is 4.79 Å². The molecule has 1 aromatic rings. The number of hydrogen-bond acceptors (Lipinski definition) is 5. The Bertz CT molecular complexity index is 463. The van der Waals surface area contributed by atoms with E-state index in [0.717, 1.165) is 5.56 Å². The monoisotopic (exact) mass is 235 g/mol. The molecule has 0 fully saturated rings. The Labute approximate surface area is 98.3 Å². The van der Waals surface area contributed by atoms with Crippen molar-refractivity contribution in [3.05, 3.63) is 29.8 Å². The van der Waals surface area contributed by atoms with Crippen LogP contribution in [-0.4, -0.2) is 27.7 Å². The molecular weight excluding hydrogens is 222 g/mol. The van der Waals surface area contributed by atoms with Crippen LogP contribution in [0.3, 0.4) is 0 Å². The van der Waals surface area contributed by atoms with Gasteiger partial charge < -0.3 is 15.7 Å². The van der Waals surface area contributed by atoms with E-state index >= 15 is 0 Å². The molecule has 0 saturated heterocycles. The maximum Gasteiger partial charge on any atom is 0.279 e. The normalized spacial score (nSPS) is 12.4. The number of oxime groups is 2. The molecule has 90 valence electrons. The molecule has 1 amide bonds. The van der Waals surface area contributed by atoms with Gasteiger partial charge in [0, 0.05) is 5.69 Å². The van der Waals surface area contributed by atoms with Crippen LogP contribution in [0.2, 0.25) is 0 Å². The Morgan fingerprint density at radius 1 is 1.18 bits per heavy atom. The molecule has 0 bridgehead atoms. The second kappa shape index (κ2) is 5.64. The SMILES string of the molecule is CC(=N\O)/C(=N/O)C(=O)Nc1ccc(C)cc1. The van der Waals surface area contributed by atoms with E-state index in [9.17, 15) is 4.79 Å². The average molecular weight is 235 g/mol. The summed E-state index contributed by atoms with van der Waals surface area (Å²) in [5, 5.41) is 25.3. The summed E-state index contributed by atoms with van der Waals surface area (Å²) in [5.74, 6) is -0.647. The number of rotatable bonds is 3. The summed E-state index contributed by atoms with van der Waals surface area (Å²) in [5.41, 5.74) is 1.21. The first-order chi connectivity index (χ1) is 8.08. The van der Waals surface area contributed by atoms with Gasteiger partial charge in [-0.1, -0.05) is 28.0 Å². The Morgan fingerprint density at radius 2 is 1.76 bits per heavy atom. The predicted octanol–water partition coefficient (Wildman–Crippen LogP) is 1.61. The van der Waals surface area contributed by atoms with Crippen LogP contribution in [0.1, 0.15) is 12.5 Å². The van der Waals surface area contributed by atoms with Crippen LogP contribution in [0.15, 0.2) is 34.6 Å². The minimum atomic E-state index is -0.647. The fourth-order valence-electron chi connectivity index (χ4n) is 1.16. The van der Waals surface area contributed by atoms with Crippen molar-refractivity contribution >= 4 is 23.0 Å². The largest absolute Gasteiger partial charge is 0.411 e. The molecule has 0 aliphatic carbocycles. The number of nitrogens with one attached hydrogen (secondary N) is 1. The van der Waals surface area contributed by atoms with Gasteiger partial charge >= 0.3 is 0 Å². The zero-order valence-corrected chi connectivity index (χ0v) is 9.51. The maximum absolute atomic E-state index is 11.6. The second-order valence-corrected chi connectivity index (χ2v) is 3.45. The number of anilines is 1. The summed E-state index contributed by atoms with van der Waals surface area (Å²) in [6.45, 7) is 3.28. The minimum Gasteiger partial charge on any atom is -0.411 e. The Hall–Kier alpha value is -2.37. The number of carbonyl (C=O) groups excluding carboxylic acids is 1. The molecule has 3 N–H and O–H groups in total. The zero-order chi connectivity index (χ0) is 12.8. The van der Waals surface area contributed by atoms with Crippen LogP contribution in [0.5, 0.6) is 0 Å². The highest BCUT2D eigenvalue weighted by molar-refractivity contribution is 6.68. The van der Waals surface area contributed by atoms with E-state index in [-0.39, 0.29) is 11.4 Å². The standard InChI is InChI=1S/C11H13N3O3/c1-7-3-5-9(6-4-7)12-11(15)10(14-17)8(2)13-16/h3-6,16-17H,1-2H3,(H,12,15)/b13-8+,14-10-. The molecule has 0 aliphatic heterocycles. The molecule has 0 atom stereocenters. The van der Waals surface area contributed by atoms with Crippen LogP contribution in [0.4, 0.5) is 5.69 Å². The average Bonchev–Trinajstić information content (AvgIpc) is 2.32. The highest BCUT2D eigenvalue weighted by atomic mass is 16.4. The molecular formula is C11H13N3O3. The Kier molecular flexibility index (Phi) is 4.21. The van der Waals surface area contributed by atoms with E-state index in [2.05, 4.69) is 15.6 Å². The zero-order valence-electron chi connectivity index (χ0n) is 9.51. The van der Waals surface area contributed by atoms with Gasteiger partial charge in [0.2, 0.25) is 0 Å². The van der Waals surface area contributed by atoms with E-state index < -0.39 is 5.91 Å². The first-order valence-corrected chi connectivity index (χ1v) is 4.87. The van der Waals surface area contributed by atoms with Crippen molar-refractivity contribution in [2.45, 2.75) is 13.8 Å². The Morgan fingerprint density at radius 3 is 2.24 bits per heavy atom. The molecule has 0 spiro atoms. The van der Waals surface area contributed by atoms with Crippen LogP contribution in [0.25, 0.3) is 0 Å². The summed E-state index contributed by atoms with van der Waals surface area (Å²) in [6.07, 6.45) is 0. The van der Waals surface area contributed by atoms with Crippen molar-refractivity contribution in [2.24, 2.45) is 10.3 Å². The molecule has 0 saturated carbocycles. The molecule has 0 heterocycles.